The van der Waals surface area contributed by atoms with Crippen molar-refractivity contribution < 1.29 is 9.59 Å². The number of carbonyl (C=O) groups excluding carboxylic acids is 2. The van der Waals surface area contributed by atoms with Gasteiger partial charge in [-0.2, -0.15) is 0 Å². The predicted molar refractivity (Wildman–Crippen MR) is 126 cm³/mol. The third kappa shape index (κ3) is 3.46. The normalized spacial score (nSPS) is 15.7. The van der Waals surface area contributed by atoms with Crippen LogP contribution in [0.25, 0.3) is 10.2 Å². The molecule has 4 heterocycles. The number of benzene rings is 1. The molecule has 2 aliphatic heterocycles. The minimum atomic E-state index is -0.546. The minimum Gasteiger partial charge on any atom is -0.370 e. The maximum atomic E-state index is 13.3. The lowest BCUT2D eigenvalue weighted by Crippen LogP contribution is -2.30. The van der Waals surface area contributed by atoms with Gasteiger partial charge in [0.05, 0.1) is 21.6 Å². The van der Waals surface area contributed by atoms with Gasteiger partial charge in [-0.1, -0.05) is 0 Å². The maximum absolute atomic E-state index is 13.3. The molecule has 0 saturated carbocycles. The number of aryl methyl sites for hydroxylation is 2. The monoisotopic (exact) mass is 451 g/mol. The summed E-state index contributed by atoms with van der Waals surface area (Å²) >= 11 is 1.24. The van der Waals surface area contributed by atoms with Crippen molar-refractivity contribution >= 4 is 44.7 Å². The molecule has 8 nitrogen and oxygen atoms in total. The molecular formula is C23H25N5O3S. The van der Waals surface area contributed by atoms with Crippen molar-refractivity contribution in [2.24, 2.45) is 5.73 Å². The average molecular weight is 452 g/mol. The van der Waals surface area contributed by atoms with Crippen molar-refractivity contribution in [3.8, 4) is 0 Å². The molecule has 3 aromatic rings. The van der Waals surface area contributed by atoms with Crippen LogP contribution in [-0.2, 0) is 13.0 Å². The van der Waals surface area contributed by atoms with E-state index in [1.807, 2.05) is 6.07 Å². The summed E-state index contributed by atoms with van der Waals surface area (Å²) in [5.74, 6) is -0.0670. The van der Waals surface area contributed by atoms with E-state index in [1.165, 1.54) is 17.8 Å². The molecule has 0 bridgehead atoms. The zero-order chi connectivity index (χ0) is 22.4. The topological polar surface area (TPSA) is 110 Å². The van der Waals surface area contributed by atoms with Crippen LogP contribution in [0.4, 0.5) is 11.4 Å². The van der Waals surface area contributed by atoms with E-state index in [0.29, 0.717) is 38.5 Å². The van der Waals surface area contributed by atoms with Gasteiger partial charge in [-0.15, -0.1) is 11.3 Å². The third-order valence-electron chi connectivity index (χ3n) is 6.34. The largest absolute Gasteiger partial charge is 0.370 e. The second-order valence-corrected chi connectivity index (χ2v) is 9.42. The van der Waals surface area contributed by atoms with Gasteiger partial charge in [0.1, 0.15) is 10.7 Å². The lowest BCUT2D eigenvalue weighted by atomic mass is 10.1. The van der Waals surface area contributed by atoms with E-state index >= 15 is 0 Å². The fourth-order valence-electron chi connectivity index (χ4n) is 4.67. The number of fused-ring (bicyclic) bond motifs is 2. The number of nitrogens with one attached hydrogen (secondary N) is 1. The summed E-state index contributed by atoms with van der Waals surface area (Å²) in [7, 11) is 0. The number of nitrogens with zero attached hydrogens (tertiary/aromatic N) is 3. The SMILES string of the molecule is Cc1c(C(=O)Nc2cc(C(N)=O)ccc2N2CCCCC2)sc2nc3n(c(=O)c12)CCC3. The van der Waals surface area contributed by atoms with Crippen molar-refractivity contribution in [1.29, 1.82) is 0 Å². The molecule has 0 radical (unpaired) electrons. The number of anilines is 2. The van der Waals surface area contributed by atoms with Crippen LogP contribution >= 0.6 is 11.3 Å². The van der Waals surface area contributed by atoms with Crippen LogP contribution in [0.15, 0.2) is 23.0 Å². The molecule has 0 unspecified atom stereocenters. The number of hydrogen-bond donors (Lipinski definition) is 2. The molecular weight excluding hydrogens is 426 g/mol. The third-order valence-corrected chi connectivity index (χ3v) is 7.53. The fraction of sp³-hybridized carbons (Fsp3) is 0.391. The fourth-order valence-corrected chi connectivity index (χ4v) is 5.76. The number of hydrogen-bond acceptors (Lipinski definition) is 6. The summed E-state index contributed by atoms with van der Waals surface area (Å²) < 4.78 is 1.72. The Morgan fingerprint density at radius 2 is 1.91 bits per heavy atom. The van der Waals surface area contributed by atoms with Gasteiger partial charge < -0.3 is 16.0 Å². The van der Waals surface area contributed by atoms with Gasteiger partial charge >= 0.3 is 0 Å². The van der Waals surface area contributed by atoms with Crippen LogP contribution in [-0.4, -0.2) is 34.5 Å². The van der Waals surface area contributed by atoms with E-state index < -0.39 is 5.91 Å². The summed E-state index contributed by atoms with van der Waals surface area (Å²) in [6, 6.07) is 5.17. The molecule has 166 valence electrons. The zero-order valence-electron chi connectivity index (χ0n) is 17.9. The number of carbonyl (C=O) groups is 2. The van der Waals surface area contributed by atoms with Gasteiger partial charge in [0.2, 0.25) is 5.91 Å². The van der Waals surface area contributed by atoms with Crippen LogP contribution in [0.5, 0.6) is 0 Å². The molecule has 9 heteroatoms. The molecule has 0 spiro atoms. The smallest absolute Gasteiger partial charge is 0.266 e. The Kier molecular flexibility index (Phi) is 5.21. The van der Waals surface area contributed by atoms with Gasteiger partial charge in [0, 0.05) is 31.6 Å². The predicted octanol–water partition coefficient (Wildman–Crippen LogP) is 3.05. The summed E-state index contributed by atoms with van der Waals surface area (Å²) in [4.78, 5) is 46.0. The second kappa shape index (κ2) is 8.05. The summed E-state index contributed by atoms with van der Waals surface area (Å²) in [6.07, 6.45) is 5.05. The first-order chi connectivity index (χ1) is 15.4. The number of aromatic nitrogens is 2. The first kappa shape index (κ1) is 20.7. The van der Waals surface area contributed by atoms with E-state index in [0.717, 1.165) is 50.3 Å². The summed E-state index contributed by atoms with van der Waals surface area (Å²) in [5.41, 5.74) is 7.83. The van der Waals surface area contributed by atoms with E-state index in [9.17, 15) is 14.4 Å². The quantitative estimate of drug-likeness (QED) is 0.633. The Hall–Kier alpha value is -3.20. The van der Waals surface area contributed by atoms with Crippen LogP contribution in [0, 0.1) is 6.92 Å². The number of primary amides is 1. The molecule has 1 fully saturated rings. The highest BCUT2D eigenvalue weighted by Gasteiger charge is 2.24. The van der Waals surface area contributed by atoms with Gasteiger partial charge in [-0.25, -0.2) is 4.98 Å². The number of piperidine rings is 1. The summed E-state index contributed by atoms with van der Waals surface area (Å²) in [6.45, 7) is 4.26. The standard InChI is InChI=1S/C23H25N5O3S/c1-13-18-22(26-17-6-5-11-28(17)23(18)31)32-19(13)21(30)25-15-12-14(20(24)29)7-8-16(15)27-9-3-2-4-10-27/h7-8,12H,2-6,9-11H2,1H3,(H2,24,29)(H,25,30). The number of rotatable bonds is 4. The van der Waals surface area contributed by atoms with Crippen molar-refractivity contribution in [2.75, 3.05) is 23.3 Å². The average Bonchev–Trinajstić information content (AvgIpc) is 3.39. The minimum absolute atomic E-state index is 0.0694. The Bertz CT molecular complexity index is 1300. The number of amides is 2. The first-order valence-corrected chi connectivity index (χ1v) is 11.8. The molecule has 0 atom stereocenters. The van der Waals surface area contributed by atoms with Crippen LogP contribution < -0.4 is 21.5 Å². The molecule has 32 heavy (non-hydrogen) atoms. The van der Waals surface area contributed by atoms with Gasteiger partial charge in [-0.05, 0) is 56.4 Å². The van der Waals surface area contributed by atoms with Crippen LogP contribution in [0.1, 0.15) is 57.1 Å². The van der Waals surface area contributed by atoms with E-state index in [1.54, 1.807) is 23.6 Å². The molecule has 5 rings (SSSR count). The van der Waals surface area contributed by atoms with Gasteiger partial charge in [-0.3, -0.25) is 19.0 Å². The van der Waals surface area contributed by atoms with Gasteiger partial charge in [0.15, 0.2) is 0 Å². The Labute approximate surface area is 189 Å². The molecule has 1 saturated heterocycles. The molecule has 2 aliphatic rings. The molecule has 1 aromatic carbocycles. The Balaban J connectivity index is 1.53. The molecule has 0 aliphatic carbocycles. The van der Waals surface area contributed by atoms with Gasteiger partial charge in [0.25, 0.3) is 11.5 Å². The lowest BCUT2D eigenvalue weighted by Gasteiger charge is -2.30. The Morgan fingerprint density at radius 1 is 1.12 bits per heavy atom. The van der Waals surface area contributed by atoms with E-state index in [2.05, 4.69) is 15.2 Å². The second-order valence-electron chi connectivity index (χ2n) is 8.42. The van der Waals surface area contributed by atoms with Crippen LogP contribution in [0.3, 0.4) is 0 Å². The lowest BCUT2D eigenvalue weighted by molar-refractivity contribution is 0.0996. The highest BCUT2D eigenvalue weighted by atomic mass is 32.1. The van der Waals surface area contributed by atoms with Crippen molar-refractivity contribution in [3.63, 3.8) is 0 Å². The summed E-state index contributed by atoms with van der Waals surface area (Å²) in [5, 5.41) is 3.50. The first-order valence-electron chi connectivity index (χ1n) is 11.0. The Morgan fingerprint density at radius 3 is 2.66 bits per heavy atom. The molecule has 3 N–H and O–H groups in total. The highest BCUT2D eigenvalue weighted by molar-refractivity contribution is 7.20. The van der Waals surface area contributed by atoms with Crippen molar-refractivity contribution in [1.82, 2.24) is 9.55 Å². The van der Waals surface area contributed by atoms with E-state index in [4.69, 9.17) is 5.73 Å². The molecule has 2 amide bonds. The molecule has 2 aromatic heterocycles. The van der Waals surface area contributed by atoms with E-state index in [-0.39, 0.29) is 11.5 Å². The van der Waals surface area contributed by atoms with Crippen LogP contribution in [0.2, 0.25) is 0 Å². The van der Waals surface area contributed by atoms with Crippen molar-refractivity contribution in [2.45, 2.75) is 45.6 Å². The number of nitrogens with two attached hydrogens (primary N) is 1. The zero-order valence-corrected chi connectivity index (χ0v) is 18.8. The number of thiophene rings is 1. The maximum Gasteiger partial charge on any atom is 0.266 e. The van der Waals surface area contributed by atoms with Crippen molar-refractivity contribution in [3.05, 3.63) is 50.4 Å². The highest BCUT2D eigenvalue weighted by Crippen LogP contribution is 2.33.